The second kappa shape index (κ2) is 5.72. The summed E-state index contributed by atoms with van der Waals surface area (Å²) in [5.74, 6) is 0. The van der Waals surface area contributed by atoms with Crippen molar-refractivity contribution < 1.29 is 34.6 Å². The SMILES string of the molecule is CN1CCC[N+](C)=C1On1nnc2ccccc21.F[P-](F)(F)(F)(F)F. The van der Waals surface area contributed by atoms with Gasteiger partial charge in [-0.25, -0.2) is 9.48 Å². The zero-order chi connectivity index (χ0) is 18.9. The Morgan fingerprint density at radius 3 is 2.32 bits per heavy atom. The van der Waals surface area contributed by atoms with Crippen molar-refractivity contribution in [1.82, 2.24) is 20.1 Å². The number of amidine groups is 1. The van der Waals surface area contributed by atoms with Gasteiger partial charge in [-0.2, -0.15) is 0 Å². The molecule has 1 aromatic heterocycles. The molecule has 1 aliphatic rings. The second-order valence-electron chi connectivity index (χ2n) is 5.48. The van der Waals surface area contributed by atoms with Crippen molar-refractivity contribution in [1.29, 1.82) is 0 Å². The summed E-state index contributed by atoms with van der Waals surface area (Å²) in [4.78, 5) is 9.40. The average Bonchev–Trinajstić information content (AvgIpc) is 2.83. The molecule has 1 aromatic carbocycles. The Morgan fingerprint density at radius 2 is 1.72 bits per heavy atom. The molecule has 0 atom stereocenters. The van der Waals surface area contributed by atoms with Crippen molar-refractivity contribution in [3.8, 4) is 0 Å². The summed E-state index contributed by atoms with van der Waals surface area (Å²) in [6.45, 7) is 1.98. The van der Waals surface area contributed by atoms with Gasteiger partial charge in [0.15, 0.2) is 0 Å². The predicted octanol–water partition coefficient (Wildman–Crippen LogP) is 3.58. The summed E-state index contributed by atoms with van der Waals surface area (Å²) >= 11 is 0. The van der Waals surface area contributed by atoms with Crippen LogP contribution in [0.1, 0.15) is 6.42 Å². The van der Waals surface area contributed by atoms with Crippen LogP contribution in [-0.2, 0) is 0 Å². The molecule has 0 bridgehead atoms. The van der Waals surface area contributed by atoms with Crippen molar-refractivity contribution in [2.24, 2.45) is 0 Å². The Kier molecular flexibility index (Phi) is 4.40. The Hall–Kier alpha value is -2.10. The molecule has 0 saturated heterocycles. The molecule has 0 spiro atoms. The van der Waals surface area contributed by atoms with Crippen LogP contribution in [0.2, 0.25) is 0 Å². The van der Waals surface area contributed by atoms with Crippen LogP contribution in [0.5, 0.6) is 0 Å². The van der Waals surface area contributed by atoms with Crippen LogP contribution in [0, 0.1) is 0 Å². The van der Waals surface area contributed by atoms with Crippen LogP contribution in [-0.4, -0.2) is 57.8 Å². The molecular weight excluding hydrogens is 375 g/mol. The molecule has 3 rings (SSSR count). The third-order valence-corrected chi connectivity index (χ3v) is 3.13. The summed E-state index contributed by atoms with van der Waals surface area (Å²) in [5, 5.41) is 8.10. The third kappa shape index (κ3) is 6.73. The summed E-state index contributed by atoms with van der Waals surface area (Å²) in [6, 6.07) is 8.55. The van der Waals surface area contributed by atoms with Gasteiger partial charge in [-0.15, -0.1) is 5.10 Å². The molecule has 0 N–H and O–H groups in total. The van der Waals surface area contributed by atoms with Gasteiger partial charge in [-0.3, -0.25) is 4.84 Å². The van der Waals surface area contributed by atoms with Crippen molar-refractivity contribution >= 4 is 24.9 Å². The molecular formula is C12H16F6N5OP. The summed E-state index contributed by atoms with van der Waals surface area (Å²) in [7, 11) is -6.62. The zero-order valence-corrected chi connectivity index (χ0v) is 14.2. The number of rotatable bonds is 1. The summed E-state index contributed by atoms with van der Waals surface area (Å²) < 4.78 is 61.3. The minimum absolute atomic E-state index is 0.803. The molecule has 0 radical (unpaired) electrons. The average molecular weight is 391 g/mol. The van der Waals surface area contributed by atoms with Gasteiger partial charge in [-0.1, -0.05) is 17.0 Å². The van der Waals surface area contributed by atoms with E-state index in [1.807, 2.05) is 38.4 Å². The van der Waals surface area contributed by atoms with Gasteiger partial charge in [0.25, 0.3) is 0 Å². The number of hydrogen-bond donors (Lipinski definition) is 0. The third-order valence-electron chi connectivity index (χ3n) is 3.13. The Bertz CT molecular complexity index is 792. The first-order valence-corrected chi connectivity index (χ1v) is 9.08. The molecule has 2 aromatic rings. The molecule has 0 aliphatic carbocycles. The van der Waals surface area contributed by atoms with Crippen LogP contribution < -0.4 is 4.84 Å². The van der Waals surface area contributed by atoms with Crippen molar-refractivity contribution in [3.63, 3.8) is 0 Å². The molecule has 0 amide bonds. The van der Waals surface area contributed by atoms with Crippen molar-refractivity contribution in [3.05, 3.63) is 24.3 Å². The number of aromatic nitrogens is 3. The molecule has 6 nitrogen and oxygen atoms in total. The number of benzene rings is 1. The van der Waals surface area contributed by atoms with E-state index in [1.54, 1.807) is 0 Å². The van der Waals surface area contributed by atoms with Gasteiger partial charge in [0, 0.05) is 6.42 Å². The van der Waals surface area contributed by atoms with Crippen LogP contribution in [0.15, 0.2) is 24.3 Å². The molecule has 0 saturated carbocycles. The van der Waals surface area contributed by atoms with Gasteiger partial charge in [-0.05, 0) is 17.3 Å². The van der Waals surface area contributed by atoms with Crippen LogP contribution in [0.25, 0.3) is 11.0 Å². The van der Waals surface area contributed by atoms with E-state index in [-0.39, 0.29) is 0 Å². The molecule has 25 heavy (non-hydrogen) atoms. The first-order valence-electron chi connectivity index (χ1n) is 7.05. The molecule has 0 unspecified atom stereocenters. The summed E-state index contributed by atoms with van der Waals surface area (Å²) in [6.07, 6.45) is 1.14. The Labute approximate surface area is 138 Å². The number of nitrogens with zero attached hydrogens (tertiary/aromatic N) is 5. The van der Waals surface area contributed by atoms with E-state index in [2.05, 4.69) is 19.8 Å². The Balaban J connectivity index is 0.000000277. The fourth-order valence-electron chi connectivity index (χ4n) is 2.16. The maximum absolute atomic E-state index is 10.7. The van der Waals surface area contributed by atoms with E-state index in [0.717, 1.165) is 36.6 Å². The van der Waals surface area contributed by atoms with Crippen molar-refractivity contribution in [2.45, 2.75) is 6.42 Å². The first-order chi connectivity index (χ1) is 11.2. The first kappa shape index (κ1) is 19.2. The van der Waals surface area contributed by atoms with Crippen molar-refractivity contribution in [2.75, 3.05) is 27.2 Å². The van der Waals surface area contributed by atoms with Gasteiger partial charge >= 0.3 is 39.0 Å². The van der Waals surface area contributed by atoms with E-state index in [4.69, 9.17) is 4.84 Å². The predicted molar refractivity (Wildman–Crippen MR) is 81.0 cm³/mol. The van der Waals surface area contributed by atoms with Gasteiger partial charge in [0.1, 0.15) is 11.0 Å². The van der Waals surface area contributed by atoms with Gasteiger partial charge in [0.2, 0.25) is 0 Å². The minimum atomic E-state index is -10.7. The summed E-state index contributed by atoms with van der Waals surface area (Å²) in [5.41, 5.74) is 1.71. The van der Waals surface area contributed by atoms with E-state index >= 15 is 0 Å². The van der Waals surface area contributed by atoms with Crippen LogP contribution in [0.3, 0.4) is 0 Å². The zero-order valence-electron chi connectivity index (χ0n) is 13.3. The fourth-order valence-corrected chi connectivity index (χ4v) is 2.16. The second-order valence-corrected chi connectivity index (χ2v) is 7.40. The molecule has 142 valence electrons. The van der Waals surface area contributed by atoms with Gasteiger partial charge < -0.3 is 0 Å². The standard InChI is InChI=1S/C12H16N5O.F6P/c1-15-8-5-9-16(2)12(15)18-17-11-7-4-3-6-10(11)13-14-17;1-7(2,3,4,5)6/h3-4,6-7H,5,8-9H2,1-2H3;/q+1;-1. The van der Waals surface area contributed by atoms with E-state index in [9.17, 15) is 25.2 Å². The van der Waals surface area contributed by atoms with Crippen LogP contribution >= 0.6 is 7.81 Å². The fraction of sp³-hybridized carbons (Fsp3) is 0.417. The van der Waals surface area contributed by atoms with E-state index in [1.165, 1.54) is 4.85 Å². The number of hydrogen-bond acceptors (Lipinski definition) is 4. The number of halogens is 6. The maximum atomic E-state index is 9.87. The number of para-hydroxylation sites is 1. The molecule has 1 aliphatic heterocycles. The normalized spacial score (nSPS) is 18.3. The van der Waals surface area contributed by atoms with E-state index < -0.39 is 7.81 Å². The molecule has 0 fully saturated rings. The van der Waals surface area contributed by atoms with Crippen LogP contribution in [0.4, 0.5) is 25.2 Å². The quantitative estimate of drug-likeness (QED) is 0.424. The van der Waals surface area contributed by atoms with Gasteiger partial charge in [0.05, 0.1) is 27.2 Å². The topological polar surface area (TPSA) is 46.2 Å². The number of fused-ring (bicyclic) bond motifs is 1. The monoisotopic (exact) mass is 391 g/mol. The Morgan fingerprint density at radius 1 is 1.12 bits per heavy atom. The molecule has 2 heterocycles. The molecule has 13 heteroatoms. The van der Waals surface area contributed by atoms with E-state index in [0.29, 0.717) is 0 Å².